The molecule has 1 aliphatic rings. The summed E-state index contributed by atoms with van der Waals surface area (Å²) in [4.78, 5) is 17.6. The highest BCUT2D eigenvalue weighted by molar-refractivity contribution is 14.1. The monoisotopic (exact) mass is 694 g/mol. The van der Waals surface area contributed by atoms with Gasteiger partial charge in [-0.3, -0.25) is 4.79 Å². The van der Waals surface area contributed by atoms with E-state index in [-0.39, 0.29) is 5.91 Å². The molecule has 2 aromatic rings. The third-order valence-electron chi connectivity index (χ3n) is 3.97. The highest BCUT2D eigenvalue weighted by Crippen LogP contribution is 2.33. The molecule has 0 radical (unpaired) electrons. The molecular formula is C21H17BrI2N2O2S. The fourth-order valence-electron chi connectivity index (χ4n) is 2.68. The Hall–Kier alpha value is -0.850. The van der Waals surface area contributed by atoms with Crippen molar-refractivity contribution in [1.29, 1.82) is 0 Å². The third kappa shape index (κ3) is 5.65. The summed E-state index contributed by atoms with van der Waals surface area (Å²) in [7, 11) is 0. The first-order chi connectivity index (χ1) is 13.8. The molecule has 150 valence electrons. The molecule has 1 heterocycles. The molecule has 0 aliphatic carbocycles. The second kappa shape index (κ2) is 9.97. The van der Waals surface area contributed by atoms with Gasteiger partial charge in [-0.15, -0.1) is 0 Å². The molecule has 4 nitrogen and oxygen atoms in total. The minimum absolute atomic E-state index is 0.142. The molecule has 0 atom stereocenters. The summed E-state index contributed by atoms with van der Waals surface area (Å²) < 4.78 is 8.77. The summed E-state index contributed by atoms with van der Waals surface area (Å²) in [5, 5.41) is 3.43. The maximum absolute atomic E-state index is 12.4. The Bertz CT molecular complexity index is 1020. The Morgan fingerprint density at radius 3 is 2.41 bits per heavy atom. The number of amides is 1. The lowest BCUT2D eigenvalue weighted by molar-refractivity contribution is -0.115. The molecule has 3 rings (SSSR count). The van der Waals surface area contributed by atoms with E-state index in [9.17, 15) is 4.79 Å². The van der Waals surface area contributed by atoms with E-state index < -0.39 is 0 Å². The Balaban J connectivity index is 1.85. The van der Waals surface area contributed by atoms with Crippen molar-refractivity contribution in [2.45, 2.75) is 13.8 Å². The molecule has 1 saturated heterocycles. The zero-order valence-corrected chi connectivity index (χ0v) is 22.4. The van der Waals surface area contributed by atoms with Crippen molar-refractivity contribution in [1.82, 2.24) is 5.32 Å². The topological polar surface area (TPSA) is 50.7 Å². The van der Waals surface area contributed by atoms with Crippen LogP contribution in [0.3, 0.4) is 0 Å². The minimum atomic E-state index is -0.142. The lowest BCUT2D eigenvalue weighted by atomic mass is 10.1. The standard InChI is InChI=1S/C21H17BrI2N2O2S/c1-4-5-28-19-15(23)8-13(9-16(19)24)10-17-20(27)26-21(29-17)25-14-6-11(2)18(22)12(3)7-14/h4,6-10H,1,5H2,2-3H3,(H,25,26,27)/b17-10-. The van der Waals surface area contributed by atoms with Gasteiger partial charge < -0.3 is 10.1 Å². The van der Waals surface area contributed by atoms with Gasteiger partial charge in [-0.25, -0.2) is 4.99 Å². The van der Waals surface area contributed by atoms with E-state index >= 15 is 0 Å². The Morgan fingerprint density at radius 2 is 1.83 bits per heavy atom. The first-order valence-electron chi connectivity index (χ1n) is 8.57. The van der Waals surface area contributed by atoms with Gasteiger partial charge in [0.2, 0.25) is 0 Å². The quantitative estimate of drug-likeness (QED) is 0.215. The van der Waals surface area contributed by atoms with Gasteiger partial charge in [-0.05, 0) is 118 Å². The van der Waals surface area contributed by atoms with E-state index in [1.165, 1.54) is 11.8 Å². The van der Waals surface area contributed by atoms with Crippen LogP contribution in [-0.2, 0) is 4.79 Å². The van der Waals surface area contributed by atoms with Crippen molar-refractivity contribution >= 4 is 95.7 Å². The Labute approximate surface area is 210 Å². The predicted octanol–water partition coefficient (Wildman–Crippen LogP) is 6.73. The van der Waals surface area contributed by atoms with Crippen LogP contribution in [0.25, 0.3) is 6.08 Å². The van der Waals surface area contributed by atoms with Gasteiger partial charge in [-0.2, -0.15) is 0 Å². The van der Waals surface area contributed by atoms with Gasteiger partial charge in [0.05, 0.1) is 17.7 Å². The summed E-state index contributed by atoms with van der Waals surface area (Å²) in [6, 6.07) is 7.98. The van der Waals surface area contributed by atoms with Gasteiger partial charge in [0.1, 0.15) is 12.4 Å². The van der Waals surface area contributed by atoms with Gasteiger partial charge in [0, 0.05) is 4.47 Å². The fourth-order valence-corrected chi connectivity index (χ4v) is 5.88. The van der Waals surface area contributed by atoms with Gasteiger partial charge in [-0.1, -0.05) is 28.6 Å². The fraction of sp³-hybridized carbons (Fsp3) is 0.143. The number of benzene rings is 2. The number of amidine groups is 1. The van der Waals surface area contributed by atoms with Crippen LogP contribution in [0.15, 0.2) is 51.3 Å². The van der Waals surface area contributed by atoms with Crippen LogP contribution in [0.5, 0.6) is 5.75 Å². The predicted molar refractivity (Wildman–Crippen MR) is 142 cm³/mol. The number of halogens is 3. The van der Waals surface area contributed by atoms with Crippen LogP contribution in [0.4, 0.5) is 5.69 Å². The minimum Gasteiger partial charge on any atom is -0.487 e. The number of nitrogens with zero attached hydrogens (tertiary/aromatic N) is 1. The van der Waals surface area contributed by atoms with E-state index in [0.717, 1.165) is 39.7 Å². The normalized spacial score (nSPS) is 16.4. The van der Waals surface area contributed by atoms with E-state index in [4.69, 9.17) is 4.74 Å². The number of rotatable bonds is 5. The molecule has 0 aromatic heterocycles. The first-order valence-corrected chi connectivity index (χ1v) is 12.3. The summed E-state index contributed by atoms with van der Waals surface area (Å²) in [6.45, 7) is 8.19. The number of carbonyl (C=O) groups excluding carboxylic acids is 1. The van der Waals surface area contributed by atoms with E-state index in [0.29, 0.717) is 16.7 Å². The summed E-state index contributed by atoms with van der Waals surface area (Å²) >= 11 is 9.39. The summed E-state index contributed by atoms with van der Waals surface area (Å²) in [5.74, 6) is 0.691. The van der Waals surface area contributed by atoms with Crippen molar-refractivity contribution in [3.05, 3.63) is 70.1 Å². The van der Waals surface area contributed by atoms with Crippen molar-refractivity contribution in [3.63, 3.8) is 0 Å². The molecule has 8 heteroatoms. The molecule has 0 bridgehead atoms. The summed E-state index contributed by atoms with van der Waals surface area (Å²) in [5.41, 5.74) is 3.98. The largest absolute Gasteiger partial charge is 0.487 e. The van der Waals surface area contributed by atoms with E-state index in [1.807, 2.05) is 44.2 Å². The van der Waals surface area contributed by atoms with Crippen molar-refractivity contribution in [2.24, 2.45) is 4.99 Å². The molecule has 0 saturated carbocycles. The van der Waals surface area contributed by atoms with E-state index in [2.05, 4.69) is 78.0 Å². The van der Waals surface area contributed by atoms with Gasteiger partial charge >= 0.3 is 0 Å². The number of carbonyl (C=O) groups is 1. The number of thioether (sulfide) groups is 1. The van der Waals surface area contributed by atoms with Crippen LogP contribution < -0.4 is 10.1 Å². The van der Waals surface area contributed by atoms with Crippen LogP contribution in [-0.4, -0.2) is 17.7 Å². The molecule has 29 heavy (non-hydrogen) atoms. The molecule has 1 amide bonds. The molecule has 1 N–H and O–H groups in total. The molecular weight excluding hydrogens is 678 g/mol. The Kier molecular flexibility index (Phi) is 7.85. The maximum Gasteiger partial charge on any atom is 0.264 e. The molecule has 0 spiro atoms. The SMILES string of the molecule is C=CCOc1c(I)cc(/C=C2\SC(=Nc3cc(C)c(Br)c(C)c3)NC2=O)cc1I. The van der Waals surface area contributed by atoms with Crippen molar-refractivity contribution in [3.8, 4) is 5.75 Å². The molecule has 0 unspecified atom stereocenters. The summed E-state index contributed by atoms with van der Waals surface area (Å²) in [6.07, 6.45) is 3.60. The third-order valence-corrected chi connectivity index (χ3v) is 7.73. The molecule has 2 aromatic carbocycles. The van der Waals surface area contributed by atoms with Crippen molar-refractivity contribution in [2.75, 3.05) is 6.61 Å². The Morgan fingerprint density at radius 1 is 1.21 bits per heavy atom. The lowest BCUT2D eigenvalue weighted by Gasteiger charge is -2.09. The average molecular weight is 695 g/mol. The number of nitrogens with one attached hydrogen (secondary N) is 1. The smallest absolute Gasteiger partial charge is 0.264 e. The number of hydrogen-bond donors (Lipinski definition) is 1. The highest BCUT2D eigenvalue weighted by atomic mass is 127. The molecule has 1 fully saturated rings. The van der Waals surface area contributed by atoms with Gasteiger partial charge in [0.15, 0.2) is 5.17 Å². The van der Waals surface area contributed by atoms with Crippen LogP contribution in [0.1, 0.15) is 16.7 Å². The second-order valence-electron chi connectivity index (χ2n) is 6.29. The highest BCUT2D eigenvalue weighted by Gasteiger charge is 2.24. The maximum atomic E-state index is 12.4. The van der Waals surface area contributed by atoms with Crippen molar-refractivity contribution < 1.29 is 9.53 Å². The van der Waals surface area contributed by atoms with Crippen LogP contribution in [0, 0.1) is 21.0 Å². The number of aryl methyl sites for hydroxylation is 2. The zero-order chi connectivity index (χ0) is 21.1. The lowest BCUT2D eigenvalue weighted by Crippen LogP contribution is -2.19. The number of hydrogen-bond acceptors (Lipinski definition) is 4. The average Bonchev–Trinajstić information content (AvgIpc) is 2.98. The van der Waals surface area contributed by atoms with Crippen LogP contribution >= 0.6 is 72.9 Å². The first kappa shape index (κ1) is 22.8. The molecule has 1 aliphatic heterocycles. The zero-order valence-electron chi connectivity index (χ0n) is 15.7. The second-order valence-corrected chi connectivity index (χ2v) is 10.4. The van der Waals surface area contributed by atoms with E-state index in [1.54, 1.807) is 6.08 Å². The van der Waals surface area contributed by atoms with Gasteiger partial charge in [0.25, 0.3) is 5.91 Å². The van der Waals surface area contributed by atoms with Crippen LogP contribution in [0.2, 0.25) is 0 Å². The number of aliphatic imine (C=N–C) groups is 1. The number of ether oxygens (including phenoxy) is 1.